The van der Waals surface area contributed by atoms with Gasteiger partial charge in [0.25, 0.3) is 0 Å². The highest BCUT2D eigenvalue weighted by Gasteiger charge is 2.81. The van der Waals surface area contributed by atoms with Crippen molar-refractivity contribution >= 4 is 5.97 Å². The van der Waals surface area contributed by atoms with Crippen LogP contribution in [-0.4, -0.2) is 24.3 Å². The van der Waals surface area contributed by atoms with E-state index in [1.807, 2.05) is 0 Å². The van der Waals surface area contributed by atoms with E-state index in [0.29, 0.717) is 35.9 Å². The van der Waals surface area contributed by atoms with Crippen molar-refractivity contribution in [1.29, 1.82) is 0 Å². The van der Waals surface area contributed by atoms with Gasteiger partial charge in [-0.25, -0.2) is 4.79 Å². The molecule has 10 atom stereocenters. The van der Waals surface area contributed by atoms with Gasteiger partial charge in [0.15, 0.2) is 0 Å². The van der Waals surface area contributed by atoms with Crippen LogP contribution in [0.4, 0.5) is 0 Å². The van der Waals surface area contributed by atoms with Crippen molar-refractivity contribution in [2.45, 2.75) is 24.7 Å². The summed E-state index contributed by atoms with van der Waals surface area (Å²) in [7, 11) is 0. The highest BCUT2D eigenvalue weighted by atomic mass is 16.6. The van der Waals surface area contributed by atoms with Crippen LogP contribution in [-0.2, 0) is 14.3 Å². The second kappa shape index (κ2) is 2.09. The lowest BCUT2D eigenvalue weighted by Crippen LogP contribution is -2.60. The summed E-state index contributed by atoms with van der Waals surface area (Å²) in [6, 6.07) is 0. The van der Waals surface area contributed by atoms with Gasteiger partial charge in [0.05, 0.1) is 12.2 Å². The molecule has 7 aliphatic rings. The van der Waals surface area contributed by atoms with Gasteiger partial charge in [0.2, 0.25) is 0 Å². The van der Waals surface area contributed by atoms with Crippen LogP contribution in [0.5, 0.6) is 0 Å². The third-order valence-electron chi connectivity index (χ3n) is 6.85. The molecule has 3 saturated heterocycles. The van der Waals surface area contributed by atoms with Crippen molar-refractivity contribution in [2.24, 2.45) is 41.4 Å². The first-order chi connectivity index (χ1) is 8.27. The minimum atomic E-state index is -0.132. The molecule has 0 aromatic heterocycles. The molecule has 3 nitrogen and oxygen atoms in total. The minimum absolute atomic E-state index is 0.132. The number of hydrogen-bond donors (Lipinski definition) is 0. The first kappa shape index (κ1) is 8.30. The molecule has 0 radical (unpaired) electrons. The van der Waals surface area contributed by atoms with Gasteiger partial charge in [-0.05, 0) is 30.1 Å². The number of esters is 1. The molecule has 7 fully saturated rings. The molecule has 3 heteroatoms. The lowest BCUT2D eigenvalue weighted by atomic mass is 9.48. The molecule has 1 unspecified atom stereocenters. The zero-order chi connectivity index (χ0) is 11.0. The summed E-state index contributed by atoms with van der Waals surface area (Å²) in [5, 5.41) is 0. The molecule has 4 aliphatic carbocycles. The third-order valence-corrected chi connectivity index (χ3v) is 6.85. The fraction of sp³-hybridized carbons (Fsp3) is 0.786. The largest absolute Gasteiger partial charge is 0.458 e. The third kappa shape index (κ3) is 0.583. The summed E-state index contributed by atoms with van der Waals surface area (Å²) in [5.41, 5.74) is 0.738. The van der Waals surface area contributed by atoms with Crippen LogP contribution in [0.15, 0.2) is 12.2 Å². The van der Waals surface area contributed by atoms with Crippen LogP contribution in [0.2, 0.25) is 0 Å². The second-order valence-corrected chi connectivity index (χ2v) is 6.86. The molecule has 0 aromatic carbocycles. The highest BCUT2D eigenvalue weighted by molar-refractivity contribution is 5.91. The Bertz CT molecular complexity index is 498. The molecule has 88 valence electrons. The van der Waals surface area contributed by atoms with Crippen molar-refractivity contribution in [2.75, 3.05) is 0 Å². The summed E-state index contributed by atoms with van der Waals surface area (Å²) in [4.78, 5) is 11.8. The average Bonchev–Trinajstić information content (AvgIpc) is 2.99. The maximum atomic E-state index is 11.8. The predicted octanol–water partition coefficient (Wildman–Crippen LogP) is 0.993. The van der Waals surface area contributed by atoms with E-state index in [1.54, 1.807) is 0 Å². The Kier molecular flexibility index (Phi) is 1.02. The zero-order valence-electron chi connectivity index (χ0n) is 9.41. The Balaban J connectivity index is 1.61. The smallest absolute Gasteiger partial charge is 0.334 e. The van der Waals surface area contributed by atoms with E-state index >= 15 is 0 Å². The normalized spacial score (nSPS) is 71.8. The molecule has 3 heterocycles. The van der Waals surface area contributed by atoms with Crippen LogP contribution in [0.1, 0.15) is 6.42 Å². The van der Waals surface area contributed by atoms with Crippen molar-refractivity contribution in [3.8, 4) is 0 Å². The fourth-order valence-corrected chi connectivity index (χ4v) is 6.78. The van der Waals surface area contributed by atoms with E-state index in [9.17, 15) is 4.79 Å². The molecule has 6 bridgehead atoms. The molecule has 0 N–H and O–H groups in total. The number of carbonyl (C=O) groups excluding carboxylic acids is 1. The Labute approximate surface area is 99.1 Å². The average molecular weight is 230 g/mol. The van der Waals surface area contributed by atoms with Gasteiger partial charge in [-0.3, -0.25) is 0 Å². The number of carbonyl (C=O) groups is 1. The van der Waals surface area contributed by atoms with E-state index in [4.69, 9.17) is 9.47 Å². The van der Waals surface area contributed by atoms with Crippen LogP contribution >= 0.6 is 0 Å². The standard InChI is InChI=1S/C14H14O3/c1-3-6-10-8-4-2-5-9(13(10)16-11(5)8)7(4)12(6)17-14(3)15/h4-13H,1-2H2/t4-,5+,6+,7-,8-,9+,10-,11-,12+,13?/m0/s1. The lowest BCUT2D eigenvalue weighted by molar-refractivity contribution is -0.157. The van der Waals surface area contributed by atoms with E-state index in [1.165, 1.54) is 6.42 Å². The zero-order valence-corrected chi connectivity index (χ0v) is 9.41. The van der Waals surface area contributed by atoms with Gasteiger partial charge in [-0.1, -0.05) is 6.58 Å². The van der Waals surface area contributed by atoms with Crippen molar-refractivity contribution in [3.63, 3.8) is 0 Å². The molecule has 0 aromatic rings. The van der Waals surface area contributed by atoms with E-state index in [-0.39, 0.29) is 12.1 Å². The molecule has 7 rings (SSSR count). The summed E-state index contributed by atoms with van der Waals surface area (Å²) in [5.74, 6) is 4.34. The van der Waals surface area contributed by atoms with Gasteiger partial charge >= 0.3 is 5.97 Å². The minimum Gasteiger partial charge on any atom is -0.458 e. The summed E-state index contributed by atoms with van der Waals surface area (Å²) in [6.45, 7) is 3.98. The Morgan fingerprint density at radius 2 is 1.76 bits per heavy atom. The van der Waals surface area contributed by atoms with Gasteiger partial charge < -0.3 is 9.47 Å². The summed E-state index contributed by atoms with van der Waals surface area (Å²) in [6.07, 6.45) is 2.47. The maximum absolute atomic E-state index is 11.8. The molecular weight excluding hydrogens is 216 g/mol. The Morgan fingerprint density at radius 3 is 2.65 bits per heavy atom. The molecule has 17 heavy (non-hydrogen) atoms. The highest BCUT2D eigenvalue weighted by Crippen LogP contribution is 2.77. The van der Waals surface area contributed by atoms with Gasteiger partial charge in [0, 0.05) is 23.3 Å². The Hall–Kier alpha value is -0.830. The van der Waals surface area contributed by atoms with Crippen LogP contribution in [0, 0.1) is 41.4 Å². The quantitative estimate of drug-likeness (QED) is 0.460. The predicted molar refractivity (Wildman–Crippen MR) is 56.7 cm³/mol. The monoisotopic (exact) mass is 230 g/mol. The first-order valence-electron chi connectivity index (χ1n) is 6.82. The molecule has 4 saturated carbocycles. The molecular formula is C14H14O3. The topological polar surface area (TPSA) is 35.5 Å². The van der Waals surface area contributed by atoms with Crippen LogP contribution < -0.4 is 0 Å². The van der Waals surface area contributed by atoms with E-state index < -0.39 is 0 Å². The maximum Gasteiger partial charge on any atom is 0.334 e. The lowest BCUT2D eigenvalue weighted by Gasteiger charge is -2.54. The van der Waals surface area contributed by atoms with Crippen molar-refractivity contribution in [1.82, 2.24) is 0 Å². The fourth-order valence-electron chi connectivity index (χ4n) is 6.78. The van der Waals surface area contributed by atoms with Crippen LogP contribution in [0.25, 0.3) is 0 Å². The van der Waals surface area contributed by atoms with Crippen molar-refractivity contribution in [3.05, 3.63) is 12.2 Å². The summed E-state index contributed by atoms with van der Waals surface area (Å²) < 4.78 is 11.9. The SMILES string of the molecule is C=C1C(=O)O[C@@H]2[C@H]1[C@@H]1C3O[C@H]4[C@@H]5C[C@@H]([C@H]2[C@H]35)[C@H]41. The first-order valence-corrected chi connectivity index (χ1v) is 6.82. The molecule has 0 amide bonds. The van der Waals surface area contributed by atoms with E-state index in [0.717, 1.165) is 23.3 Å². The Morgan fingerprint density at radius 1 is 1.00 bits per heavy atom. The summed E-state index contributed by atoms with van der Waals surface area (Å²) >= 11 is 0. The number of ether oxygens (including phenoxy) is 2. The van der Waals surface area contributed by atoms with Crippen LogP contribution in [0.3, 0.4) is 0 Å². The molecule has 0 spiro atoms. The molecule has 3 aliphatic heterocycles. The van der Waals surface area contributed by atoms with E-state index in [2.05, 4.69) is 6.58 Å². The van der Waals surface area contributed by atoms with Gasteiger partial charge in [-0.15, -0.1) is 0 Å². The van der Waals surface area contributed by atoms with Crippen molar-refractivity contribution < 1.29 is 14.3 Å². The van der Waals surface area contributed by atoms with Gasteiger partial charge in [0.1, 0.15) is 6.10 Å². The number of hydrogen-bond acceptors (Lipinski definition) is 3. The van der Waals surface area contributed by atoms with Gasteiger partial charge in [-0.2, -0.15) is 0 Å². The second-order valence-electron chi connectivity index (χ2n) is 6.86. The number of rotatable bonds is 0.